The van der Waals surface area contributed by atoms with E-state index < -0.39 is 18.0 Å². The Morgan fingerprint density at radius 2 is 2.07 bits per heavy atom. The van der Waals surface area contributed by atoms with Crippen LogP contribution in [0.2, 0.25) is 0 Å². The number of rotatable bonds is 6. The lowest BCUT2D eigenvalue weighted by atomic mass is 10.0. The highest BCUT2D eigenvalue weighted by atomic mass is 19.1. The number of hydrogen-bond acceptors (Lipinski definition) is 5. The van der Waals surface area contributed by atoms with E-state index in [2.05, 4.69) is 15.4 Å². The molecular weight excluding hydrogens is 389 g/mol. The van der Waals surface area contributed by atoms with Gasteiger partial charge in [0.1, 0.15) is 24.6 Å². The van der Waals surface area contributed by atoms with Crippen LogP contribution < -0.4 is 10.2 Å². The minimum Gasteiger partial charge on any atom is -0.442 e. The number of halogens is 1. The summed E-state index contributed by atoms with van der Waals surface area (Å²) >= 11 is 0. The standard InChI is InChI=1S/C21H20FN5O3/c1-14(28)24-9-18-11-27(21(29)30-18)17-6-7-19(20(22)8-17)16-4-2-15(3-5-16)10-26-13-23-12-25-26/h2-8,12-13,18H,9-11H2,1H3,(H,24,28)/t18-/m0/s1. The smallest absolute Gasteiger partial charge is 0.414 e. The number of cyclic esters (lactones) is 1. The molecule has 0 unspecified atom stereocenters. The van der Waals surface area contributed by atoms with E-state index in [9.17, 15) is 14.0 Å². The Hall–Kier alpha value is -3.75. The molecule has 8 nitrogen and oxygen atoms in total. The first-order valence-corrected chi connectivity index (χ1v) is 9.43. The van der Waals surface area contributed by atoms with Crippen LogP contribution in [0.15, 0.2) is 55.1 Å². The topological polar surface area (TPSA) is 89.4 Å². The first kappa shape index (κ1) is 19.6. The van der Waals surface area contributed by atoms with Crippen molar-refractivity contribution in [2.24, 2.45) is 0 Å². The average molecular weight is 409 g/mol. The summed E-state index contributed by atoms with van der Waals surface area (Å²) in [6.45, 7) is 2.44. The summed E-state index contributed by atoms with van der Waals surface area (Å²) in [6.07, 6.45) is 2.08. The molecule has 4 rings (SSSR count). The first-order chi connectivity index (χ1) is 14.5. The largest absolute Gasteiger partial charge is 0.442 e. The Labute approximate surface area is 172 Å². The maximum Gasteiger partial charge on any atom is 0.414 e. The number of nitrogens with zero attached hydrogens (tertiary/aromatic N) is 4. The van der Waals surface area contributed by atoms with Crippen LogP contribution in [-0.2, 0) is 16.1 Å². The molecule has 1 atom stereocenters. The average Bonchev–Trinajstić information content (AvgIpc) is 3.36. The van der Waals surface area contributed by atoms with Crippen molar-refractivity contribution in [1.82, 2.24) is 20.1 Å². The Morgan fingerprint density at radius 3 is 2.73 bits per heavy atom. The van der Waals surface area contributed by atoms with Gasteiger partial charge in [-0.15, -0.1) is 0 Å². The van der Waals surface area contributed by atoms with Gasteiger partial charge in [0.2, 0.25) is 5.91 Å². The van der Waals surface area contributed by atoms with Crippen molar-refractivity contribution in [3.05, 3.63) is 66.5 Å². The fraction of sp³-hybridized carbons (Fsp3) is 0.238. The van der Waals surface area contributed by atoms with Gasteiger partial charge in [-0.05, 0) is 29.3 Å². The third-order valence-corrected chi connectivity index (χ3v) is 4.79. The molecule has 2 amide bonds. The summed E-state index contributed by atoms with van der Waals surface area (Å²) in [5.74, 6) is -0.637. The van der Waals surface area contributed by atoms with Crippen molar-refractivity contribution in [2.45, 2.75) is 19.6 Å². The molecule has 0 spiro atoms. The number of nitrogens with one attached hydrogen (secondary N) is 1. The lowest BCUT2D eigenvalue weighted by molar-refractivity contribution is -0.119. The SMILES string of the molecule is CC(=O)NC[C@H]1CN(c2ccc(-c3ccc(Cn4cncn4)cc3)c(F)c2)C(=O)O1. The summed E-state index contributed by atoms with van der Waals surface area (Å²) in [4.78, 5) is 28.4. The van der Waals surface area contributed by atoms with E-state index in [1.807, 2.05) is 24.3 Å². The second-order valence-electron chi connectivity index (χ2n) is 7.01. The van der Waals surface area contributed by atoms with E-state index in [1.54, 1.807) is 23.1 Å². The summed E-state index contributed by atoms with van der Waals surface area (Å²) in [7, 11) is 0. The molecular formula is C21H20FN5O3. The Morgan fingerprint density at radius 1 is 1.27 bits per heavy atom. The highest BCUT2D eigenvalue weighted by molar-refractivity contribution is 5.90. The van der Waals surface area contributed by atoms with Crippen LogP contribution in [0, 0.1) is 5.82 Å². The maximum absolute atomic E-state index is 14.8. The van der Waals surface area contributed by atoms with Crippen LogP contribution in [0.5, 0.6) is 0 Å². The van der Waals surface area contributed by atoms with Crippen LogP contribution in [-0.4, -0.2) is 46.0 Å². The number of benzene rings is 2. The molecule has 1 N–H and O–H groups in total. The van der Waals surface area contributed by atoms with Gasteiger partial charge < -0.3 is 10.1 Å². The van der Waals surface area contributed by atoms with E-state index in [4.69, 9.17) is 4.74 Å². The summed E-state index contributed by atoms with van der Waals surface area (Å²) in [5, 5.41) is 6.68. The Balaban J connectivity index is 1.47. The molecule has 1 aliphatic rings. The van der Waals surface area contributed by atoms with Gasteiger partial charge in [-0.25, -0.2) is 18.9 Å². The molecule has 1 aromatic heterocycles. The van der Waals surface area contributed by atoms with E-state index in [-0.39, 0.29) is 19.0 Å². The van der Waals surface area contributed by atoms with E-state index in [0.717, 1.165) is 11.1 Å². The number of amides is 2. The van der Waals surface area contributed by atoms with E-state index >= 15 is 0 Å². The van der Waals surface area contributed by atoms with Crippen LogP contribution in [0.25, 0.3) is 11.1 Å². The highest BCUT2D eigenvalue weighted by Gasteiger charge is 2.32. The number of hydrogen-bond donors (Lipinski definition) is 1. The second-order valence-corrected chi connectivity index (χ2v) is 7.01. The van der Waals surface area contributed by atoms with Gasteiger partial charge in [-0.1, -0.05) is 24.3 Å². The molecule has 0 radical (unpaired) electrons. The highest BCUT2D eigenvalue weighted by Crippen LogP contribution is 2.29. The van der Waals surface area contributed by atoms with Crippen LogP contribution >= 0.6 is 0 Å². The van der Waals surface area contributed by atoms with Gasteiger partial charge in [0.15, 0.2) is 0 Å². The van der Waals surface area contributed by atoms with Gasteiger partial charge in [-0.2, -0.15) is 5.10 Å². The van der Waals surface area contributed by atoms with Crippen molar-refractivity contribution >= 4 is 17.7 Å². The van der Waals surface area contributed by atoms with Crippen molar-refractivity contribution in [2.75, 3.05) is 18.0 Å². The number of carbonyl (C=O) groups excluding carboxylic acids is 2. The molecule has 2 aromatic carbocycles. The zero-order valence-corrected chi connectivity index (χ0v) is 16.3. The zero-order valence-electron chi connectivity index (χ0n) is 16.3. The lowest BCUT2D eigenvalue weighted by Crippen LogP contribution is -2.33. The molecule has 3 aromatic rings. The fourth-order valence-electron chi connectivity index (χ4n) is 3.29. The molecule has 1 aliphatic heterocycles. The zero-order chi connectivity index (χ0) is 21.1. The molecule has 0 aliphatic carbocycles. The third kappa shape index (κ3) is 4.29. The second kappa shape index (κ2) is 8.32. The van der Waals surface area contributed by atoms with E-state index in [1.165, 1.54) is 24.2 Å². The quantitative estimate of drug-likeness (QED) is 0.676. The van der Waals surface area contributed by atoms with Gasteiger partial charge in [0, 0.05) is 12.5 Å². The lowest BCUT2D eigenvalue weighted by Gasteiger charge is -2.14. The Bertz CT molecular complexity index is 1050. The van der Waals surface area contributed by atoms with Gasteiger partial charge >= 0.3 is 6.09 Å². The van der Waals surface area contributed by atoms with Gasteiger partial charge in [-0.3, -0.25) is 9.69 Å². The molecule has 0 bridgehead atoms. The van der Waals surface area contributed by atoms with Crippen LogP contribution in [0.1, 0.15) is 12.5 Å². The molecule has 154 valence electrons. The monoisotopic (exact) mass is 409 g/mol. The summed E-state index contributed by atoms with van der Waals surface area (Å²) in [6, 6.07) is 12.2. The van der Waals surface area contributed by atoms with E-state index in [0.29, 0.717) is 17.8 Å². The summed E-state index contributed by atoms with van der Waals surface area (Å²) in [5.41, 5.74) is 2.60. The normalized spacial score (nSPS) is 15.9. The molecule has 30 heavy (non-hydrogen) atoms. The summed E-state index contributed by atoms with van der Waals surface area (Å²) < 4.78 is 21.7. The van der Waals surface area contributed by atoms with Crippen molar-refractivity contribution in [3.8, 4) is 11.1 Å². The number of aromatic nitrogens is 3. The predicted octanol–water partition coefficient (Wildman–Crippen LogP) is 2.59. The molecule has 1 saturated heterocycles. The minimum absolute atomic E-state index is 0.202. The van der Waals surface area contributed by atoms with Crippen LogP contribution in [0.4, 0.5) is 14.9 Å². The molecule has 0 saturated carbocycles. The predicted molar refractivity (Wildman–Crippen MR) is 107 cm³/mol. The van der Waals surface area contributed by atoms with Gasteiger partial charge in [0.25, 0.3) is 0 Å². The number of ether oxygens (including phenoxy) is 1. The van der Waals surface area contributed by atoms with Gasteiger partial charge in [0.05, 0.1) is 25.3 Å². The van der Waals surface area contributed by atoms with Crippen molar-refractivity contribution < 1.29 is 18.7 Å². The fourth-order valence-corrected chi connectivity index (χ4v) is 3.29. The first-order valence-electron chi connectivity index (χ1n) is 9.43. The third-order valence-electron chi connectivity index (χ3n) is 4.79. The molecule has 1 fully saturated rings. The number of carbonyl (C=O) groups is 2. The van der Waals surface area contributed by atoms with Crippen LogP contribution in [0.3, 0.4) is 0 Å². The maximum atomic E-state index is 14.8. The molecule has 9 heteroatoms. The molecule has 2 heterocycles. The van der Waals surface area contributed by atoms with Crippen molar-refractivity contribution in [3.63, 3.8) is 0 Å². The Kier molecular flexibility index (Phi) is 5.42. The number of anilines is 1. The minimum atomic E-state index is -0.560. The van der Waals surface area contributed by atoms with Crippen molar-refractivity contribution in [1.29, 1.82) is 0 Å².